The summed E-state index contributed by atoms with van der Waals surface area (Å²) in [4.78, 5) is 35.3. The van der Waals surface area contributed by atoms with Gasteiger partial charge in [-0.05, 0) is 74.0 Å². The van der Waals surface area contributed by atoms with Gasteiger partial charge in [-0.3, -0.25) is 14.4 Å². The minimum atomic E-state index is -0.340. The molecule has 0 saturated heterocycles. The van der Waals surface area contributed by atoms with E-state index in [9.17, 15) is 14.4 Å². The van der Waals surface area contributed by atoms with Gasteiger partial charge in [-0.1, -0.05) is 0 Å². The third kappa shape index (κ3) is 6.07. The maximum Gasteiger partial charge on any atom is 0.291 e. The van der Waals surface area contributed by atoms with Gasteiger partial charge in [0.1, 0.15) is 5.75 Å². The molecule has 2 amide bonds. The first-order chi connectivity index (χ1) is 14.5. The number of furan rings is 1. The van der Waals surface area contributed by atoms with E-state index in [1.54, 1.807) is 60.7 Å². The second kappa shape index (κ2) is 10.1. The molecule has 0 bridgehead atoms. The van der Waals surface area contributed by atoms with Crippen LogP contribution in [0.3, 0.4) is 0 Å². The first-order valence-corrected chi connectivity index (χ1v) is 9.50. The van der Waals surface area contributed by atoms with Crippen LogP contribution in [0.1, 0.15) is 40.7 Å². The molecule has 3 aromatic rings. The summed E-state index contributed by atoms with van der Waals surface area (Å²) < 4.78 is 10.6. The van der Waals surface area contributed by atoms with Crippen LogP contribution in [0.4, 0.5) is 11.4 Å². The van der Waals surface area contributed by atoms with Crippen molar-refractivity contribution in [1.82, 2.24) is 0 Å². The van der Waals surface area contributed by atoms with Crippen LogP contribution in [0.5, 0.6) is 5.75 Å². The van der Waals surface area contributed by atoms with E-state index >= 15 is 0 Å². The second-order valence-corrected chi connectivity index (χ2v) is 6.59. The van der Waals surface area contributed by atoms with Crippen LogP contribution in [0, 0.1) is 0 Å². The Morgan fingerprint density at radius 3 is 2.17 bits per heavy atom. The highest BCUT2D eigenvalue weighted by Gasteiger charge is 2.09. The fourth-order valence-corrected chi connectivity index (χ4v) is 2.67. The topological polar surface area (TPSA) is 97.6 Å². The molecule has 7 heteroatoms. The average Bonchev–Trinajstić information content (AvgIpc) is 3.28. The summed E-state index contributed by atoms with van der Waals surface area (Å²) in [7, 11) is 0. The number of carbonyl (C=O) groups is 3. The molecule has 1 heterocycles. The van der Waals surface area contributed by atoms with Gasteiger partial charge in [0.15, 0.2) is 11.5 Å². The van der Waals surface area contributed by atoms with Gasteiger partial charge >= 0.3 is 0 Å². The molecule has 0 aliphatic heterocycles. The first kappa shape index (κ1) is 20.9. The zero-order valence-electron chi connectivity index (χ0n) is 16.5. The molecule has 154 valence electrons. The first-order valence-electron chi connectivity index (χ1n) is 9.50. The number of nitrogens with one attached hydrogen (secondary N) is 2. The maximum atomic E-state index is 12.1. The molecule has 7 nitrogen and oxygen atoms in total. The van der Waals surface area contributed by atoms with Crippen LogP contribution in [0.15, 0.2) is 71.3 Å². The van der Waals surface area contributed by atoms with E-state index in [4.69, 9.17) is 9.15 Å². The number of carbonyl (C=O) groups excluding carboxylic acids is 3. The van der Waals surface area contributed by atoms with E-state index in [1.807, 2.05) is 0 Å². The quantitative estimate of drug-likeness (QED) is 0.402. The summed E-state index contributed by atoms with van der Waals surface area (Å²) in [6.45, 7) is 1.91. The van der Waals surface area contributed by atoms with Gasteiger partial charge in [0.2, 0.25) is 5.91 Å². The standard InChI is InChI=1S/C23H22N2O5/c1-16(26)17-6-12-20(13-7-17)29-14-3-5-22(27)24-18-8-10-19(11-9-18)25-23(28)21-4-2-15-30-21/h2,4,6-13,15H,3,5,14H2,1H3,(H,24,27)(H,25,28). The summed E-state index contributed by atoms with van der Waals surface area (Å²) in [6.07, 6.45) is 2.29. The molecule has 30 heavy (non-hydrogen) atoms. The Morgan fingerprint density at radius 2 is 1.57 bits per heavy atom. The van der Waals surface area contributed by atoms with Gasteiger partial charge in [0, 0.05) is 23.4 Å². The lowest BCUT2D eigenvalue weighted by Gasteiger charge is -2.08. The summed E-state index contributed by atoms with van der Waals surface area (Å²) in [5.41, 5.74) is 1.86. The molecule has 0 fully saturated rings. The van der Waals surface area contributed by atoms with E-state index in [0.29, 0.717) is 42.1 Å². The van der Waals surface area contributed by atoms with Gasteiger partial charge < -0.3 is 19.8 Å². The summed E-state index contributed by atoms with van der Waals surface area (Å²) in [5.74, 6) is 0.425. The number of ketones is 1. The number of anilines is 2. The van der Waals surface area contributed by atoms with Crippen LogP contribution in [-0.4, -0.2) is 24.2 Å². The third-order valence-electron chi connectivity index (χ3n) is 4.25. The lowest BCUT2D eigenvalue weighted by Crippen LogP contribution is -2.13. The van der Waals surface area contributed by atoms with Crippen LogP contribution in [0.25, 0.3) is 0 Å². The Hall–Kier alpha value is -3.87. The van der Waals surface area contributed by atoms with E-state index in [-0.39, 0.29) is 23.4 Å². The van der Waals surface area contributed by atoms with Crippen molar-refractivity contribution in [3.63, 3.8) is 0 Å². The average molecular weight is 406 g/mol. The Balaban J connectivity index is 1.38. The van der Waals surface area contributed by atoms with Crippen molar-refractivity contribution in [2.75, 3.05) is 17.2 Å². The Bertz CT molecular complexity index is 993. The van der Waals surface area contributed by atoms with Crippen molar-refractivity contribution in [1.29, 1.82) is 0 Å². The molecule has 0 aliphatic carbocycles. The number of hydrogen-bond donors (Lipinski definition) is 2. The number of rotatable bonds is 9. The molecule has 2 aromatic carbocycles. The molecule has 1 aromatic heterocycles. The Labute approximate surface area is 174 Å². The van der Waals surface area contributed by atoms with Gasteiger partial charge in [0.05, 0.1) is 12.9 Å². The molecule has 0 unspecified atom stereocenters. The molecule has 2 N–H and O–H groups in total. The minimum absolute atomic E-state index is 0.00570. The van der Waals surface area contributed by atoms with Crippen molar-refractivity contribution >= 4 is 29.0 Å². The highest BCUT2D eigenvalue weighted by atomic mass is 16.5. The van der Waals surface area contributed by atoms with Crippen molar-refractivity contribution in [2.24, 2.45) is 0 Å². The molecule has 0 aliphatic rings. The van der Waals surface area contributed by atoms with Crippen molar-refractivity contribution in [3.8, 4) is 5.75 Å². The highest BCUT2D eigenvalue weighted by Crippen LogP contribution is 2.16. The molecular formula is C23H22N2O5. The van der Waals surface area contributed by atoms with Crippen molar-refractivity contribution < 1.29 is 23.5 Å². The molecule has 3 rings (SSSR count). The Morgan fingerprint density at radius 1 is 0.900 bits per heavy atom. The third-order valence-corrected chi connectivity index (χ3v) is 4.25. The zero-order valence-corrected chi connectivity index (χ0v) is 16.5. The van der Waals surface area contributed by atoms with Gasteiger partial charge in [-0.15, -0.1) is 0 Å². The van der Waals surface area contributed by atoms with Crippen molar-refractivity contribution in [3.05, 3.63) is 78.3 Å². The van der Waals surface area contributed by atoms with E-state index in [0.717, 1.165) is 0 Å². The summed E-state index contributed by atoms with van der Waals surface area (Å²) in [6, 6.07) is 16.9. The largest absolute Gasteiger partial charge is 0.494 e. The summed E-state index contributed by atoms with van der Waals surface area (Å²) >= 11 is 0. The zero-order chi connectivity index (χ0) is 21.3. The SMILES string of the molecule is CC(=O)c1ccc(OCCCC(=O)Nc2ccc(NC(=O)c3ccco3)cc2)cc1. The highest BCUT2D eigenvalue weighted by molar-refractivity contribution is 6.02. The van der Waals surface area contributed by atoms with Gasteiger partial charge in [0.25, 0.3) is 5.91 Å². The van der Waals surface area contributed by atoms with Crippen LogP contribution in [0.2, 0.25) is 0 Å². The number of benzene rings is 2. The van der Waals surface area contributed by atoms with Gasteiger partial charge in [-0.2, -0.15) is 0 Å². The summed E-state index contributed by atoms with van der Waals surface area (Å²) in [5, 5.41) is 5.52. The lowest BCUT2D eigenvalue weighted by atomic mass is 10.1. The molecule has 0 saturated carbocycles. The van der Waals surface area contributed by atoms with Crippen LogP contribution >= 0.6 is 0 Å². The Kier molecular flexibility index (Phi) is 7.00. The van der Waals surface area contributed by atoms with Crippen LogP contribution < -0.4 is 15.4 Å². The number of hydrogen-bond acceptors (Lipinski definition) is 5. The normalized spacial score (nSPS) is 10.3. The molecule has 0 radical (unpaired) electrons. The van der Waals surface area contributed by atoms with Crippen molar-refractivity contribution in [2.45, 2.75) is 19.8 Å². The monoisotopic (exact) mass is 406 g/mol. The predicted molar refractivity (Wildman–Crippen MR) is 113 cm³/mol. The number of amides is 2. The number of Topliss-reactive ketones (excluding diaryl/α,β-unsaturated/α-hetero) is 1. The lowest BCUT2D eigenvalue weighted by molar-refractivity contribution is -0.116. The molecule has 0 atom stereocenters. The van der Waals surface area contributed by atoms with Crippen LogP contribution in [-0.2, 0) is 4.79 Å². The smallest absolute Gasteiger partial charge is 0.291 e. The van der Waals surface area contributed by atoms with E-state index in [2.05, 4.69) is 10.6 Å². The predicted octanol–water partition coefficient (Wildman–Crippen LogP) is 4.53. The molecular weight excluding hydrogens is 384 g/mol. The van der Waals surface area contributed by atoms with Gasteiger partial charge in [-0.25, -0.2) is 0 Å². The minimum Gasteiger partial charge on any atom is -0.494 e. The van der Waals surface area contributed by atoms with E-state index < -0.39 is 0 Å². The molecule has 0 spiro atoms. The van der Waals surface area contributed by atoms with E-state index in [1.165, 1.54) is 13.2 Å². The number of ether oxygens (including phenoxy) is 1. The maximum absolute atomic E-state index is 12.1. The fraction of sp³-hybridized carbons (Fsp3) is 0.174. The fourth-order valence-electron chi connectivity index (χ4n) is 2.67. The second-order valence-electron chi connectivity index (χ2n) is 6.59.